The average molecular weight is 508 g/mol. The van der Waals surface area contributed by atoms with Gasteiger partial charge in [-0.25, -0.2) is 0 Å². The van der Waals surface area contributed by atoms with E-state index in [4.69, 9.17) is 11.6 Å². The number of nitro benzene ring substituents is 1. The monoisotopic (exact) mass is 507 g/mol. The van der Waals surface area contributed by atoms with Crippen molar-refractivity contribution in [3.63, 3.8) is 0 Å². The molecule has 0 saturated carbocycles. The number of benzene rings is 2. The Labute approximate surface area is 213 Å². The van der Waals surface area contributed by atoms with E-state index in [-0.39, 0.29) is 22.2 Å². The van der Waals surface area contributed by atoms with Crippen LogP contribution in [0.5, 0.6) is 0 Å². The Morgan fingerprint density at radius 2 is 1.92 bits per heavy atom. The summed E-state index contributed by atoms with van der Waals surface area (Å²) in [7, 11) is 0. The van der Waals surface area contributed by atoms with Gasteiger partial charge in [0.25, 0.3) is 17.5 Å². The van der Waals surface area contributed by atoms with Crippen LogP contribution in [0.3, 0.4) is 0 Å². The van der Waals surface area contributed by atoms with E-state index >= 15 is 0 Å². The van der Waals surface area contributed by atoms with Crippen molar-refractivity contribution in [1.82, 2.24) is 10.3 Å². The Balaban J connectivity index is 1.58. The lowest BCUT2D eigenvalue weighted by atomic mass is 9.97. The molecule has 0 unspecified atom stereocenters. The van der Waals surface area contributed by atoms with Gasteiger partial charge in [-0.2, -0.15) is 0 Å². The molecule has 186 valence electrons. The molecule has 2 N–H and O–H groups in total. The first-order chi connectivity index (χ1) is 17.3. The highest BCUT2D eigenvalue weighted by molar-refractivity contribution is 6.32. The number of hydrogen-bond acceptors (Lipinski definition) is 6. The van der Waals surface area contributed by atoms with Gasteiger partial charge in [0, 0.05) is 55.0 Å². The number of hydrogen-bond donors (Lipinski definition) is 2. The second-order valence-electron chi connectivity index (χ2n) is 8.82. The van der Waals surface area contributed by atoms with Crippen LogP contribution < -0.4 is 15.5 Å². The number of anilines is 2. The molecule has 36 heavy (non-hydrogen) atoms. The topological polar surface area (TPSA) is 117 Å². The predicted molar refractivity (Wildman–Crippen MR) is 139 cm³/mol. The molecule has 9 nitrogen and oxygen atoms in total. The minimum absolute atomic E-state index is 0.0515. The number of nitro groups is 1. The van der Waals surface area contributed by atoms with E-state index in [2.05, 4.69) is 27.4 Å². The van der Waals surface area contributed by atoms with Crippen LogP contribution in [0.25, 0.3) is 0 Å². The van der Waals surface area contributed by atoms with Gasteiger partial charge in [-0.05, 0) is 60.7 Å². The molecule has 1 saturated heterocycles. The summed E-state index contributed by atoms with van der Waals surface area (Å²) in [5.41, 5.74) is 2.24. The third kappa shape index (κ3) is 5.98. The number of carbonyl (C=O) groups is 2. The van der Waals surface area contributed by atoms with E-state index in [0.717, 1.165) is 43.2 Å². The normalized spacial score (nSPS) is 13.8. The Hall–Kier alpha value is -3.98. The number of halogens is 1. The number of nitrogens with one attached hydrogen (secondary N) is 2. The van der Waals surface area contributed by atoms with Crippen molar-refractivity contribution in [2.24, 2.45) is 5.92 Å². The number of carbonyl (C=O) groups excluding carboxylic acids is 2. The number of rotatable bonds is 7. The van der Waals surface area contributed by atoms with Crippen molar-refractivity contribution in [2.75, 3.05) is 23.3 Å². The summed E-state index contributed by atoms with van der Waals surface area (Å²) in [6, 6.07) is 12.7. The number of amides is 2. The number of nitrogens with zero attached hydrogens (tertiary/aromatic N) is 3. The second kappa shape index (κ2) is 11.2. The van der Waals surface area contributed by atoms with Crippen LogP contribution in [-0.2, 0) is 6.54 Å². The Morgan fingerprint density at radius 3 is 2.61 bits per heavy atom. The highest BCUT2D eigenvalue weighted by atomic mass is 35.5. The van der Waals surface area contributed by atoms with Crippen molar-refractivity contribution in [2.45, 2.75) is 26.3 Å². The van der Waals surface area contributed by atoms with Gasteiger partial charge in [0.1, 0.15) is 5.02 Å². The molecule has 0 spiro atoms. The smallest absolute Gasteiger partial charge is 0.288 e. The molecule has 2 amide bonds. The van der Waals surface area contributed by atoms with Gasteiger partial charge < -0.3 is 15.5 Å². The zero-order valence-electron chi connectivity index (χ0n) is 19.7. The molecule has 2 heterocycles. The molecule has 0 bridgehead atoms. The molecule has 1 fully saturated rings. The molecule has 0 aliphatic carbocycles. The summed E-state index contributed by atoms with van der Waals surface area (Å²) < 4.78 is 0. The lowest BCUT2D eigenvalue weighted by molar-refractivity contribution is -0.384. The van der Waals surface area contributed by atoms with Crippen molar-refractivity contribution in [3.8, 4) is 0 Å². The molecule has 2 aromatic carbocycles. The fourth-order valence-corrected chi connectivity index (χ4v) is 4.28. The average Bonchev–Trinajstić information content (AvgIpc) is 2.88. The van der Waals surface area contributed by atoms with Crippen LogP contribution in [0.15, 0.2) is 60.9 Å². The maximum Gasteiger partial charge on any atom is 0.288 e. The summed E-state index contributed by atoms with van der Waals surface area (Å²) in [4.78, 5) is 42.9. The first-order valence-electron chi connectivity index (χ1n) is 11.6. The minimum Gasteiger partial charge on any atom is -0.371 e. The summed E-state index contributed by atoms with van der Waals surface area (Å²) >= 11 is 5.86. The van der Waals surface area contributed by atoms with Crippen LogP contribution in [0.2, 0.25) is 5.02 Å². The molecular weight excluding hydrogens is 482 g/mol. The van der Waals surface area contributed by atoms with E-state index in [0.29, 0.717) is 23.7 Å². The molecule has 1 aromatic heterocycles. The first kappa shape index (κ1) is 25.1. The summed E-state index contributed by atoms with van der Waals surface area (Å²) in [6.45, 7) is 4.21. The van der Waals surface area contributed by atoms with Crippen LogP contribution >= 0.6 is 11.6 Å². The van der Waals surface area contributed by atoms with Gasteiger partial charge in [0.15, 0.2) is 0 Å². The van der Waals surface area contributed by atoms with Gasteiger partial charge in [0.05, 0.1) is 10.5 Å². The fourth-order valence-electron chi connectivity index (χ4n) is 4.10. The lowest BCUT2D eigenvalue weighted by Crippen LogP contribution is -2.35. The van der Waals surface area contributed by atoms with Gasteiger partial charge >= 0.3 is 0 Å². The molecule has 0 atom stereocenters. The maximum atomic E-state index is 13.3. The van der Waals surface area contributed by atoms with E-state index in [1.54, 1.807) is 30.6 Å². The summed E-state index contributed by atoms with van der Waals surface area (Å²) in [6.07, 6.45) is 5.42. The zero-order valence-corrected chi connectivity index (χ0v) is 20.5. The summed E-state index contributed by atoms with van der Waals surface area (Å²) in [5.74, 6) is -0.187. The Kier molecular flexibility index (Phi) is 7.80. The van der Waals surface area contributed by atoms with Crippen LogP contribution in [0.4, 0.5) is 17.1 Å². The van der Waals surface area contributed by atoms with E-state index in [9.17, 15) is 19.7 Å². The van der Waals surface area contributed by atoms with Crippen LogP contribution in [-0.4, -0.2) is 34.8 Å². The van der Waals surface area contributed by atoms with Gasteiger partial charge in [-0.3, -0.25) is 24.7 Å². The molecule has 10 heteroatoms. The maximum absolute atomic E-state index is 13.3. The van der Waals surface area contributed by atoms with E-state index in [1.807, 2.05) is 12.1 Å². The van der Waals surface area contributed by atoms with Crippen molar-refractivity contribution in [3.05, 3.63) is 92.8 Å². The highest BCUT2D eigenvalue weighted by Crippen LogP contribution is 2.30. The zero-order chi connectivity index (χ0) is 25.7. The van der Waals surface area contributed by atoms with Crippen LogP contribution in [0, 0.1) is 16.0 Å². The standard InChI is InChI=1S/C26H26ClN5O4/c1-17-8-11-31(12-9-17)23-7-5-20(14-21(23)26(34)29-16-18-3-2-10-28-15-18)30-25(33)19-4-6-22(27)24(13-19)32(35)36/h2-7,10,13-15,17H,8-9,11-12,16H2,1H3,(H,29,34)(H,30,33). The number of pyridine rings is 1. The Bertz CT molecular complexity index is 1280. The minimum atomic E-state index is -0.641. The molecule has 3 aromatic rings. The number of piperidine rings is 1. The SMILES string of the molecule is CC1CCN(c2ccc(NC(=O)c3ccc(Cl)c([N+](=O)[O-])c3)cc2C(=O)NCc2cccnc2)CC1. The molecule has 1 aliphatic rings. The summed E-state index contributed by atoms with van der Waals surface area (Å²) in [5, 5.41) is 16.8. The van der Waals surface area contributed by atoms with E-state index in [1.165, 1.54) is 12.1 Å². The predicted octanol–water partition coefficient (Wildman–Crippen LogP) is 5.06. The van der Waals surface area contributed by atoms with Gasteiger partial charge in [0.2, 0.25) is 0 Å². The molecule has 0 radical (unpaired) electrons. The largest absolute Gasteiger partial charge is 0.371 e. The molecule has 1 aliphatic heterocycles. The Morgan fingerprint density at radius 1 is 1.14 bits per heavy atom. The van der Waals surface area contributed by atoms with Crippen molar-refractivity contribution in [1.29, 1.82) is 0 Å². The quantitative estimate of drug-likeness (QED) is 0.341. The fraction of sp³-hybridized carbons (Fsp3) is 0.269. The highest BCUT2D eigenvalue weighted by Gasteiger charge is 2.22. The van der Waals surface area contributed by atoms with Crippen LogP contribution in [0.1, 0.15) is 46.0 Å². The van der Waals surface area contributed by atoms with Gasteiger partial charge in [-0.1, -0.05) is 24.6 Å². The van der Waals surface area contributed by atoms with Gasteiger partial charge in [-0.15, -0.1) is 0 Å². The van der Waals surface area contributed by atoms with Crippen molar-refractivity contribution < 1.29 is 14.5 Å². The van der Waals surface area contributed by atoms with Crippen molar-refractivity contribution >= 4 is 40.5 Å². The molecule has 4 rings (SSSR count). The van der Waals surface area contributed by atoms with E-state index < -0.39 is 10.8 Å². The number of aromatic nitrogens is 1. The third-order valence-corrected chi connectivity index (χ3v) is 6.52. The molecular formula is C26H26ClN5O4. The second-order valence-corrected chi connectivity index (χ2v) is 9.23. The lowest BCUT2D eigenvalue weighted by Gasteiger charge is -2.33. The third-order valence-electron chi connectivity index (χ3n) is 6.20. The first-order valence-corrected chi connectivity index (χ1v) is 12.0.